The molecule has 0 heterocycles. The van der Waals surface area contributed by atoms with Crippen LogP contribution in [0.5, 0.6) is 0 Å². The quantitative estimate of drug-likeness (QED) is 0.609. The Morgan fingerprint density at radius 1 is 1.35 bits per heavy atom. The molecule has 0 radical (unpaired) electrons. The normalized spacial score (nSPS) is 44.2. The molecule has 0 amide bonds. The van der Waals surface area contributed by atoms with E-state index in [9.17, 15) is 14.7 Å². The van der Waals surface area contributed by atoms with Crippen molar-refractivity contribution in [2.45, 2.75) is 64.4 Å². The summed E-state index contributed by atoms with van der Waals surface area (Å²) >= 11 is 0. The summed E-state index contributed by atoms with van der Waals surface area (Å²) in [7, 11) is 0. The molecule has 0 aromatic carbocycles. The van der Waals surface area contributed by atoms with Crippen LogP contribution in [0.15, 0.2) is 11.6 Å². The van der Waals surface area contributed by atoms with Gasteiger partial charge in [0.25, 0.3) is 0 Å². The molecule has 0 bridgehead atoms. The van der Waals surface area contributed by atoms with E-state index in [1.807, 2.05) is 12.2 Å². The Labute approximate surface area is 155 Å². The van der Waals surface area contributed by atoms with Crippen LogP contribution in [0.25, 0.3) is 0 Å². The molecule has 0 aliphatic heterocycles. The molecule has 0 aromatic heterocycles. The lowest BCUT2D eigenvalue weighted by Crippen LogP contribution is -2.49. The van der Waals surface area contributed by atoms with Gasteiger partial charge >= 0.3 is 5.97 Å². The number of ketones is 1. The smallest absolute Gasteiger partial charge is 0.320 e. The summed E-state index contributed by atoms with van der Waals surface area (Å²) in [5.74, 6) is 1.69. The molecule has 4 aliphatic carbocycles. The molecule has 0 spiro atoms. The maximum absolute atomic E-state index is 12.2. The number of aliphatic hydroxyl groups excluding tert-OH is 1. The Morgan fingerprint density at radius 3 is 2.92 bits per heavy atom. The molecular weight excluding hydrogens is 328 g/mol. The molecule has 140 valence electrons. The van der Waals surface area contributed by atoms with E-state index in [2.05, 4.69) is 6.92 Å². The van der Waals surface area contributed by atoms with Gasteiger partial charge in [0.05, 0.1) is 12.5 Å². The number of ether oxygens (including phenoxy) is 1. The molecular formula is C22H28O4. The van der Waals surface area contributed by atoms with Gasteiger partial charge < -0.3 is 9.84 Å². The SMILES string of the molecule is C#COC(=O)CC1CC(=O)C=C2CC[C@@H]3[C@H](CC[C@]4(C)[C@@H](O)CC[C@@H]34)[C@H]21. The van der Waals surface area contributed by atoms with Gasteiger partial charge in [0, 0.05) is 6.42 Å². The van der Waals surface area contributed by atoms with Gasteiger partial charge in [0.15, 0.2) is 5.78 Å². The number of carbonyl (C=O) groups is 2. The first-order valence-corrected chi connectivity index (χ1v) is 10.0. The summed E-state index contributed by atoms with van der Waals surface area (Å²) < 4.78 is 4.72. The van der Waals surface area contributed by atoms with E-state index < -0.39 is 5.97 Å². The van der Waals surface area contributed by atoms with Gasteiger partial charge in [-0.05, 0) is 79.6 Å². The second kappa shape index (κ2) is 6.53. The van der Waals surface area contributed by atoms with Crippen molar-refractivity contribution in [3.63, 3.8) is 0 Å². The van der Waals surface area contributed by atoms with Crippen LogP contribution in [0.4, 0.5) is 0 Å². The van der Waals surface area contributed by atoms with E-state index in [-0.39, 0.29) is 29.6 Å². The molecule has 7 atom stereocenters. The predicted octanol–water partition coefficient (Wildman–Crippen LogP) is 3.24. The number of fused-ring (bicyclic) bond motifs is 5. The van der Waals surface area contributed by atoms with Crippen LogP contribution in [-0.2, 0) is 14.3 Å². The van der Waals surface area contributed by atoms with Crippen molar-refractivity contribution >= 4 is 11.8 Å². The minimum Gasteiger partial charge on any atom is -0.393 e. The first-order valence-electron chi connectivity index (χ1n) is 10.0. The summed E-state index contributed by atoms with van der Waals surface area (Å²) in [4.78, 5) is 24.2. The fraction of sp³-hybridized carbons (Fsp3) is 0.727. The van der Waals surface area contributed by atoms with Crippen LogP contribution >= 0.6 is 0 Å². The third kappa shape index (κ3) is 2.72. The number of allylic oxidation sites excluding steroid dienone is 1. The number of rotatable bonds is 2. The molecule has 0 aromatic rings. The van der Waals surface area contributed by atoms with E-state index in [4.69, 9.17) is 11.2 Å². The van der Waals surface area contributed by atoms with E-state index in [1.165, 1.54) is 5.57 Å². The molecule has 4 rings (SSSR count). The average molecular weight is 356 g/mol. The predicted molar refractivity (Wildman–Crippen MR) is 96.5 cm³/mol. The monoisotopic (exact) mass is 356 g/mol. The second-order valence-electron chi connectivity index (χ2n) is 9.08. The summed E-state index contributed by atoms with van der Waals surface area (Å²) in [6, 6.07) is 0. The van der Waals surface area contributed by atoms with Gasteiger partial charge in [-0.15, -0.1) is 0 Å². The summed E-state index contributed by atoms with van der Waals surface area (Å²) in [5, 5.41) is 10.5. The summed E-state index contributed by atoms with van der Waals surface area (Å²) in [6.07, 6.45) is 15.5. The van der Waals surface area contributed by atoms with Crippen molar-refractivity contribution in [3.8, 4) is 12.5 Å². The van der Waals surface area contributed by atoms with Gasteiger partial charge in [0.1, 0.15) is 6.11 Å². The molecule has 4 aliphatic rings. The molecule has 26 heavy (non-hydrogen) atoms. The zero-order valence-corrected chi connectivity index (χ0v) is 15.4. The van der Waals surface area contributed by atoms with Crippen molar-refractivity contribution in [1.29, 1.82) is 0 Å². The fourth-order valence-corrected chi connectivity index (χ4v) is 6.92. The van der Waals surface area contributed by atoms with Crippen LogP contribution in [0.1, 0.15) is 58.3 Å². The maximum atomic E-state index is 12.2. The molecule has 1 unspecified atom stereocenters. The number of hydrogen-bond donors (Lipinski definition) is 1. The largest absolute Gasteiger partial charge is 0.393 e. The average Bonchev–Trinajstić information content (AvgIpc) is 2.90. The Balaban J connectivity index is 1.61. The standard InChI is InChI=1S/C22H28O4/c1-3-26-20(25)12-14-11-15(23)10-13-4-5-16-17(21(13)14)8-9-22(2)18(16)6-7-19(22)24/h1,10,14,16-19,21,24H,4-9,11-12H2,2H3/t14?,16-,17+,18+,19+,21-,22+/m1/s1. The Morgan fingerprint density at radius 2 is 2.15 bits per heavy atom. The lowest BCUT2D eigenvalue weighted by molar-refractivity contribution is -0.139. The number of terminal acetylenes is 1. The zero-order valence-electron chi connectivity index (χ0n) is 15.4. The first-order chi connectivity index (χ1) is 12.4. The summed E-state index contributed by atoms with van der Waals surface area (Å²) in [5.41, 5.74) is 1.29. The van der Waals surface area contributed by atoms with Crippen LogP contribution < -0.4 is 0 Å². The highest BCUT2D eigenvalue weighted by Gasteiger charge is 2.57. The highest BCUT2D eigenvalue weighted by Crippen LogP contribution is 2.62. The number of esters is 1. The van der Waals surface area contributed by atoms with Crippen molar-refractivity contribution < 1.29 is 19.4 Å². The molecule has 0 saturated heterocycles. The van der Waals surface area contributed by atoms with E-state index in [1.54, 1.807) is 0 Å². The third-order valence-electron chi connectivity index (χ3n) is 8.02. The highest BCUT2D eigenvalue weighted by molar-refractivity contribution is 5.92. The van der Waals surface area contributed by atoms with Crippen molar-refractivity contribution in [2.75, 3.05) is 0 Å². The van der Waals surface area contributed by atoms with Gasteiger partial charge in [0.2, 0.25) is 0 Å². The molecule has 4 nitrogen and oxygen atoms in total. The van der Waals surface area contributed by atoms with E-state index >= 15 is 0 Å². The molecule has 4 heteroatoms. The number of carbonyl (C=O) groups excluding carboxylic acids is 2. The number of aliphatic hydroxyl groups is 1. The zero-order chi connectivity index (χ0) is 18.5. The molecule has 3 fully saturated rings. The van der Waals surface area contributed by atoms with Gasteiger partial charge in [-0.1, -0.05) is 18.9 Å². The van der Waals surface area contributed by atoms with Crippen molar-refractivity contribution in [1.82, 2.24) is 0 Å². The minimum atomic E-state index is -0.398. The van der Waals surface area contributed by atoms with E-state index in [0.29, 0.717) is 30.1 Å². The fourth-order valence-electron chi connectivity index (χ4n) is 6.92. The number of hydrogen-bond acceptors (Lipinski definition) is 4. The van der Waals surface area contributed by atoms with Crippen LogP contribution in [0, 0.1) is 47.5 Å². The first kappa shape index (κ1) is 17.8. The molecule has 3 saturated carbocycles. The topological polar surface area (TPSA) is 63.6 Å². The minimum absolute atomic E-state index is 0.00633. The van der Waals surface area contributed by atoms with Gasteiger partial charge in [-0.25, -0.2) is 0 Å². The lowest BCUT2D eigenvalue weighted by Gasteiger charge is -2.54. The van der Waals surface area contributed by atoms with E-state index in [0.717, 1.165) is 38.5 Å². The maximum Gasteiger partial charge on any atom is 0.320 e. The Bertz CT molecular complexity index is 687. The van der Waals surface area contributed by atoms with Crippen LogP contribution in [0.3, 0.4) is 0 Å². The summed E-state index contributed by atoms with van der Waals surface area (Å²) in [6.45, 7) is 2.27. The molecule has 1 N–H and O–H groups in total. The van der Waals surface area contributed by atoms with Gasteiger partial charge in [-0.2, -0.15) is 0 Å². The van der Waals surface area contributed by atoms with Crippen molar-refractivity contribution in [3.05, 3.63) is 11.6 Å². The van der Waals surface area contributed by atoms with Gasteiger partial charge in [-0.3, -0.25) is 9.59 Å². The van der Waals surface area contributed by atoms with Crippen LogP contribution in [-0.4, -0.2) is 23.0 Å². The Hall–Kier alpha value is -1.60. The Kier molecular flexibility index (Phi) is 4.47. The lowest BCUT2D eigenvalue weighted by atomic mass is 9.50. The second-order valence-corrected chi connectivity index (χ2v) is 9.08. The van der Waals surface area contributed by atoms with Crippen molar-refractivity contribution in [2.24, 2.45) is 35.0 Å². The van der Waals surface area contributed by atoms with Crippen LogP contribution in [0.2, 0.25) is 0 Å². The third-order valence-corrected chi connectivity index (χ3v) is 8.02. The highest BCUT2D eigenvalue weighted by atomic mass is 16.5.